The fourth-order valence-corrected chi connectivity index (χ4v) is 3.20. The molecular weight excluding hydrogens is 358 g/mol. The Balaban J connectivity index is 1.51. The Bertz CT molecular complexity index is 853. The Morgan fingerprint density at radius 2 is 1.93 bits per heavy atom. The van der Waals surface area contributed by atoms with Crippen LogP contribution in [0.4, 0.5) is 16.2 Å². The summed E-state index contributed by atoms with van der Waals surface area (Å²) in [6.07, 6.45) is 2.11. The van der Waals surface area contributed by atoms with Gasteiger partial charge in [0.25, 0.3) is 0 Å². The Labute approximate surface area is 164 Å². The summed E-state index contributed by atoms with van der Waals surface area (Å²) in [5.41, 5.74) is 2.50. The lowest BCUT2D eigenvalue weighted by Gasteiger charge is -2.17. The van der Waals surface area contributed by atoms with E-state index in [1.165, 1.54) is 0 Å². The second kappa shape index (κ2) is 9.12. The van der Waals surface area contributed by atoms with Crippen LogP contribution in [0.1, 0.15) is 18.4 Å². The number of benzene rings is 2. The number of anilines is 2. The smallest absolute Gasteiger partial charge is 0.319 e. The summed E-state index contributed by atoms with van der Waals surface area (Å²) in [4.78, 5) is 25.8. The summed E-state index contributed by atoms with van der Waals surface area (Å²) in [6, 6.07) is 12.7. The summed E-state index contributed by atoms with van der Waals surface area (Å²) < 4.78 is 10.5. The normalized spacial score (nSPS) is 13.4. The van der Waals surface area contributed by atoms with Gasteiger partial charge >= 0.3 is 6.03 Å². The van der Waals surface area contributed by atoms with Crippen LogP contribution in [0.3, 0.4) is 0 Å². The Morgan fingerprint density at radius 3 is 2.64 bits per heavy atom. The molecule has 0 saturated carbocycles. The lowest BCUT2D eigenvalue weighted by atomic mass is 10.1. The standard InChI is InChI=1S/C21H25N3O4/c1-27-18-9-8-15(13-19(18)28-2)10-11-22-21(26)23-16-5-3-6-17(14-16)24-12-4-7-20(24)25/h3,5-6,8-9,13-14H,4,7,10-12H2,1-2H3,(H2,22,23,26). The number of methoxy groups -OCH3 is 2. The van der Waals surface area contributed by atoms with Crippen LogP contribution in [0.25, 0.3) is 0 Å². The molecule has 3 rings (SSSR count). The van der Waals surface area contributed by atoms with Crippen molar-refractivity contribution in [2.75, 3.05) is 37.5 Å². The van der Waals surface area contributed by atoms with E-state index >= 15 is 0 Å². The first-order valence-electron chi connectivity index (χ1n) is 9.27. The summed E-state index contributed by atoms with van der Waals surface area (Å²) in [5.74, 6) is 1.46. The highest BCUT2D eigenvalue weighted by Crippen LogP contribution is 2.27. The molecule has 1 heterocycles. The van der Waals surface area contributed by atoms with Crippen molar-refractivity contribution < 1.29 is 19.1 Å². The molecule has 7 nitrogen and oxygen atoms in total. The van der Waals surface area contributed by atoms with Gasteiger partial charge in [-0.25, -0.2) is 4.79 Å². The third kappa shape index (κ3) is 4.73. The van der Waals surface area contributed by atoms with Crippen molar-refractivity contribution in [3.8, 4) is 11.5 Å². The van der Waals surface area contributed by atoms with Crippen molar-refractivity contribution in [1.29, 1.82) is 0 Å². The molecule has 0 bridgehead atoms. The fourth-order valence-electron chi connectivity index (χ4n) is 3.20. The van der Waals surface area contributed by atoms with Crippen LogP contribution in [0.15, 0.2) is 42.5 Å². The van der Waals surface area contributed by atoms with Gasteiger partial charge in [0.05, 0.1) is 14.2 Å². The molecule has 0 atom stereocenters. The highest BCUT2D eigenvalue weighted by molar-refractivity contribution is 5.96. The van der Waals surface area contributed by atoms with Crippen molar-refractivity contribution in [2.45, 2.75) is 19.3 Å². The molecule has 3 amide bonds. The third-order valence-corrected chi connectivity index (χ3v) is 4.64. The highest BCUT2D eigenvalue weighted by Gasteiger charge is 2.21. The van der Waals surface area contributed by atoms with Crippen molar-refractivity contribution in [2.24, 2.45) is 0 Å². The number of hydrogen-bond donors (Lipinski definition) is 2. The molecule has 2 N–H and O–H groups in total. The third-order valence-electron chi connectivity index (χ3n) is 4.64. The number of nitrogens with one attached hydrogen (secondary N) is 2. The minimum atomic E-state index is -0.287. The minimum Gasteiger partial charge on any atom is -0.493 e. The zero-order valence-electron chi connectivity index (χ0n) is 16.2. The van der Waals surface area contributed by atoms with Crippen LogP contribution in [0.2, 0.25) is 0 Å². The average Bonchev–Trinajstić information content (AvgIpc) is 3.14. The van der Waals surface area contributed by atoms with Gasteiger partial charge in [0.2, 0.25) is 5.91 Å². The number of carbonyl (C=O) groups excluding carboxylic acids is 2. The van der Waals surface area contributed by atoms with Gasteiger partial charge in [-0.1, -0.05) is 12.1 Å². The lowest BCUT2D eigenvalue weighted by molar-refractivity contribution is -0.117. The van der Waals surface area contributed by atoms with Gasteiger partial charge in [-0.15, -0.1) is 0 Å². The largest absolute Gasteiger partial charge is 0.493 e. The topological polar surface area (TPSA) is 79.9 Å². The Kier molecular flexibility index (Phi) is 6.37. The number of hydrogen-bond acceptors (Lipinski definition) is 4. The maximum Gasteiger partial charge on any atom is 0.319 e. The molecule has 148 valence electrons. The van der Waals surface area contributed by atoms with Crippen LogP contribution in [0.5, 0.6) is 11.5 Å². The number of urea groups is 1. The molecule has 1 saturated heterocycles. The first-order chi connectivity index (χ1) is 13.6. The molecule has 1 aliphatic rings. The van der Waals surface area contributed by atoms with Crippen LogP contribution >= 0.6 is 0 Å². The van der Waals surface area contributed by atoms with E-state index < -0.39 is 0 Å². The van der Waals surface area contributed by atoms with E-state index in [0.29, 0.717) is 36.6 Å². The summed E-state index contributed by atoms with van der Waals surface area (Å²) in [7, 11) is 3.19. The molecule has 0 aliphatic carbocycles. The van der Waals surface area contributed by atoms with Gasteiger partial charge in [-0.05, 0) is 48.7 Å². The Hall–Kier alpha value is -3.22. The predicted molar refractivity (Wildman–Crippen MR) is 108 cm³/mol. The predicted octanol–water partition coefficient (Wildman–Crippen LogP) is 3.19. The molecule has 1 fully saturated rings. The van der Waals surface area contributed by atoms with Crippen molar-refractivity contribution in [1.82, 2.24) is 5.32 Å². The minimum absolute atomic E-state index is 0.122. The van der Waals surface area contributed by atoms with Gasteiger partial charge in [0, 0.05) is 30.9 Å². The second-order valence-corrected chi connectivity index (χ2v) is 6.52. The van der Waals surface area contributed by atoms with Crippen LogP contribution in [0, 0.1) is 0 Å². The SMILES string of the molecule is COc1ccc(CCNC(=O)Nc2cccc(N3CCCC3=O)c2)cc1OC. The zero-order chi connectivity index (χ0) is 19.9. The Morgan fingerprint density at radius 1 is 1.11 bits per heavy atom. The number of carbonyl (C=O) groups is 2. The van der Waals surface area contributed by atoms with Gasteiger partial charge in [-0.3, -0.25) is 4.79 Å². The molecule has 0 aromatic heterocycles. The quantitative estimate of drug-likeness (QED) is 0.770. The summed E-state index contributed by atoms with van der Waals surface area (Å²) >= 11 is 0. The molecule has 0 radical (unpaired) electrons. The fraction of sp³-hybridized carbons (Fsp3) is 0.333. The molecule has 2 aromatic carbocycles. The van der Waals surface area contributed by atoms with Crippen molar-refractivity contribution in [3.63, 3.8) is 0 Å². The number of amides is 3. The number of ether oxygens (including phenoxy) is 2. The molecular formula is C21H25N3O4. The van der Waals surface area contributed by atoms with E-state index in [1.54, 1.807) is 25.2 Å². The van der Waals surface area contributed by atoms with Gasteiger partial charge in [-0.2, -0.15) is 0 Å². The van der Waals surface area contributed by atoms with Gasteiger partial charge < -0.3 is 25.0 Å². The first-order valence-corrected chi connectivity index (χ1v) is 9.27. The highest BCUT2D eigenvalue weighted by atomic mass is 16.5. The summed E-state index contributed by atoms with van der Waals surface area (Å²) in [6.45, 7) is 1.20. The van der Waals surface area contributed by atoms with Crippen molar-refractivity contribution >= 4 is 23.3 Å². The maximum absolute atomic E-state index is 12.2. The zero-order valence-corrected chi connectivity index (χ0v) is 16.2. The molecule has 28 heavy (non-hydrogen) atoms. The average molecular weight is 383 g/mol. The van der Waals surface area contributed by atoms with E-state index in [9.17, 15) is 9.59 Å². The number of nitrogens with zero attached hydrogens (tertiary/aromatic N) is 1. The van der Waals surface area contributed by atoms with Crippen LogP contribution < -0.4 is 25.0 Å². The second-order valence-electron chi connectivity index (χ2n) is 6.52. The maximum atomic E-state index is 12.2. The molecule has 7 heteroatoms. The van der Waals surface area contributed by atoms with E-state index in [2.05, 4.69) is 10.6 Å². The molecule has 2 aromatic rings. The molecule has 0 spiro atoms. The van der Waals surface area contributed by atoms with E-state index in [0.717, 1.165) is 24.2 Å². The molecule has 0 unspecified atom stereocenters. The number of rotatable bonds is 7. The van der Waals surface area contributed by atoms with Gasteiger partial charge in [0.15, 0.2) is 11.5 Å². The van der Waals surface area contributed by atoms with E-state index in [1.807, 2.05) is 36.4 Å². The monoisotopic (exact) mass is 383 g/mol. The first kappa shape index (κ1) is 19.5. The van der Waals surface area contributed by atoms with Crippen molar-refractivity contribution in [3.05, 3.63) is 48.0 Å². The van der Waals surface area contributed by atoms with E-state index in [4.69, 9.17) is 9.47 Å². The van der Waals surface area contributed by atoms with Gasteiger partial charge in [0.1, 0.15) is 0 Å². The van der Waals surface area contributed by atoms with Crippen LogP contribution in [-0.2, 0) is 11.2 Å². The van der Waals surface area contributed by atoms with Crippen LogP contribution in [-0.4, -0.2) is 39.2 Å². The lowest BCUT2D eigenvalue weighted by Crippen LogP contribution is -2.30. The summed E-state index contributed by atoms with van der Waals surface area (Å²) in [5, 5.41) is 5.66. The van der Waals surface area contributed by atoms with E-state index in [-0.39, 0.29) is 11.9 Å². The molecule has 1 aliphatic heterocycles.